The fourth-order valence-electron chi connectivity index (χ4n) is 3.11. The molecule has 1 saturated heterocycles. The highest BCUT2D eigenvalue weighted by Crippen LogP contribution is 2.16. The number of carbonyl (C=O) groups excluding carboxylic acids is 2. The molecule has 0 spiro atoms. The van der Waals surface area contributed by atoms with Crippen LogP contribution in [-0.4, -0.2) is 61.0 Å². The lowest BCUT2D eigenvalue weighted by molar-refractivity contribution is -0.135. The van der Waals surface area contributed by atoms with Crippen LogP contribution in [0.25, 0.3) is 0 Å². The summed E-state index contributed by atoms with van der Waals surface area (Å²) in [6, 6.07) is 16.4. The summed E-state index contributed by atoms with van der Waals surface area (Å²) in [6.07, 6.45) is 1.07. The topological polar surface area (TPSA) is 59.1 Å². The molecule has 2 aromatic carbocycles. The SMILES string of the molecule is O=C(CCOc1ccccc1)N1CCCN(C(=O)COc2ccc(Cl)cc2)CC1. The van der Waals surface area contributed by atoms with E-state index in [1.54, 1.807) is 29.2 Å². The molecule has 0 radical (unpaired) electrons. The van der Waals surface area contributed by atoms with E-state index < -0.39 is 0 Å². The van der Waals surface area contributed by atoms with Crippen LogP contribution in [0.2, 0.25) is 5.02 Å². The number of carbonyl (C=O) groups is 2. The summed E-state index contributed by atoms with van der Waals surface area (Å²) < 4.78 is 11.1. The molecular formula is C22H25ClN2O4. The van der Waals surface area contributed by atoms with Gasteiger partial charge in [0.2, 0.25) is 5.91 Å². The van der Waals surface area contributed by atoms with Crippen molar-refractivity contribution in [1.29, 1.82) is 0 Å². The number of hydrogen-bond donors (Lipinski definition) is 0. The predicted octanol–water partition coefficient (Wildman–Crippen LogP) is 3.25. The average molecular weight is 417 g/mol. The van der Waals surface area contributed by atoms with Crippen LogP contribution in [0.3, 0.4) is 0 Å². The van der Waals surface area contributed by atoms with Gasteiger partial charge in [0.05, 0.1) is 13.0 Å². The molecule has 2 aromatic rings. The molecule has 3 rings (SSSR count). The summed E-state index contributed by atoms with van der Waals surface area (Å²) in [5.41, 5.74) is 0. The van der Waals surface area contributed by atoms with E-state index in [1.807, 2.05) is 35.2 Å². The molecule has 1 aliphatic heterocycles. The van der Waals surface area contributed by atoms with Gasteiger partial charge in [-0.2, -0.15) is 0 Å². The van der Waals surface area contributed by atoms with Gasteiger partial charge in [-0.3, -0.25) is 9.59 Å². The van der Waals surface area contributed by atoms with Crippen LogP contribution in [0, 0.1) is 0 Å². The van der Waals surface area contributed by atoms with Crippen molar-refractivity contribution in [2.45, 2.75) is 12.8 Å². The van der Waals surface area contributed by atoms with E-state index >= 15 is 0 Å². The number of hydrogen-bond acceptors (Lipinski definition) is 4. The first-order chi connectivity index (χ1) is 14.1. The van der Waals surface area contributed by atoms with Crippen LogP contribution in [0.5, 0.6) is 11.5 Å². The van der Waals surface area contributed by atoms with Crippen molar-refractivity contribution >= 4 is 23.4 Å². The first-order valence-electron chi connectivity index (χ1n) is 9.73. The zero-order valence-corrected chi connectivity index (χ0v) is 17.0. The van der Waals surface area contributed by atoms with Gasteiger partial charge in [-0.05, 0) is 42.8 Å². The van der Waals surface area contributed by atoms with E-state index in [-0.39, 0.29) is 18.4 Å². The Morgan fingerprint density at radius 2 is 1.41 bits per heavy atom. The van der Waals surface area contributed by atoms with Crippen molar-refractivity contribution < 1.29 is 19.1 Å². The summed E-state index contributed by atoms with van der Waals surface area (Å²) >= 11 is 5.85. The average Bonchev–Trinajstić information content (AvgIpc) is 3.00. The minimum Gasteiger partial charge on any atom is -0.493 e. The Balaban J connectivity index is 1.40. The zero-order chi connectivity index (χ0) is 20.5. The quantitative estimate of drug-likeness (QED) is 0.695. The lowest BCUT2D eigenvalue weighted by atomic mass is 10.3. The molecule has 154 valence electrons. The molecule has 0 N–H and O–H groups in total. The summed E-state index contributed by atoms with van der Waals surface area (Å²) in [7, 11) is 0. The Hall–Kier alpha value is -2.73. The fourth-order valence-corrected chi connectivity index (χ4v) is 3.24. The van der Waals surface area contributed by atoms with E-state index in [2.05, 4.69) is 0 Å². The molecule has 1 heterocycles. The second-order valence-corrected chi connectivity index (χ2v) is 7.21. The van der Waals surface area contributed by atoms with Crippen LogP contribution in [0.4, 0.5) is 0 Å². The maximum atomic E-state index is 12.5. The maximum absolute atomic E-state index is 12.5. The second-order valence-electron chi connectivity index (χ2n) is 6.77. The van der Waals surface area contributed by atoms with Gasteiger partial charge in [-0.1, -0.05) is 29.8 Å². The van der Waals surface area contributed by atoms with E-state index in [0.717, 1.165) is 12.2 Å². The molecule has 2 amide bonds. The third-order valence-electron chi connectivity index (χ3n) is 4.71. The summed E-state index contributed by atoms with van der Waals surface area (Å²) in [4.78, 5) is 28.5. The van der Waals surface area contributed by atoms with Gasteiger partial charge in [-0.15, -0.1) is 0 Å². The van der Waals surface area contributed by atoms with Gasteiger partial charge < -0.3 is 19.3 Å². The molecule has 0 saturated carbocycles. The van der Waals surface area contributed by atoms with E-state index in [4.69, 9.17) is 21.1 Å². The van der Waals surface area contributed by atoms with Crippen molar-refractivity contribution in [2.75, 3.05) is 39.4 Å². The molecule has 0 bridgehead atoms. The molecule has 0 aromatic heterocycles. The van der Waals surface area contributed by atoms with Crippen LogP contribution in [0.15, 0.2) is 54.6 Å². The molecule has 6 nitrogen and oxygen atoms in total. The Kier molecular flexibility index (Phi) is 7.76. The van der Waals surface area contributed by atoms with Gasteiger partial charge in [0.1, 0.15) is 11.5 Å². The number of halogens is 1. The van der Waals surface area contributed by atoms with Crippen molar-refractivity contribution in [1.82, 2.24) is 9.80 Å². The zero-order valence-electron chi connectivity index (χ0n) is 16.3. The highest BCUT2D eigenvalue weighted by Gasteiger charge is 2.22. The smallest absolute Gasteiger partial charge is 0.260 e. The molecule has 0 atom stereocenters. The molecule has 1 aliphatic rings. The molecule has 0 unspecified atom stereocenters. The molecule has 1 fully saturated rings. The van der Waals surface area contributed by atoms with Crippen molar-refractivity contribution in [3.05, 3.63) is 59.6 Å². The van der Waals surface area contributed by atoms with Gasteiger partial charge >= 0.3 is 0 Å². The van der Waals surface area contributed by atoms with Crippen LogP contribution in [-0.2, 0) is 9.59 Å². The Morgan fingerprint density at radius 3 is 2.10 bits per heavy atom. The van der Waals surface area contributed by atoms with Gasteiger partial charge in [0, 0.05) is 31.2 Å². The summed E-state index contributed by atoms with van der Waals surface area (Å²) in [5.74, 6) is 1.33. The molecular weight excluding hydrogens is 392 g/mol. The van der Waals surface area contributed by atoms with Gasteiger partial charge in [0.15, 0.2) is 6.61 Å². The van der Waals surface area contributed by atoms with Crippen molar-refractivity contribution in [3.8, 4) is 11.5 Å². The van der Waals surface area contributed by atoms with Crippen LogP contribution < -0.4 is 9.47 Å². The van der Waals surface area contributed by atoms with Crippen molar-refractivity contribution in [3.63, 3.8) is 0 Å². The van der Waals surface area contributed by atoms with Crippen LogP contribution in [0.1, 0.15) is 12.8 Å². The Bertz CT molecular complexity index is 798. The maximum Gasteiger partial charge on any atom is 0.260 e. The Morgan fingerprint density at radius 1 is 0.793 bits per heavy atom. The lowest BCUT2D eigenvalue weighted by Crippen LogP contribution is -2.39. The van der Waals surface area contributed by atoms with Gasteiger partial charge in [-0.25, -0.2) is 0 Å². The normalized spacial score (nSPS) is 14.2. The van der Waals surface area contributed by atoms with Gasteiger partial charge in [0.25, 0.3) is 5.91 Å². The number of rotatable bonds is 7. The lowest BCUT2D eigenvalue weighted by Gasteiger charge is -2.22. The monoisotopic (exact) mass is 416 g/mol. The highest BCUT2D eigenvalue weighted by molar-refractivity contribution is 6.30. The third-order valence-corrected chi connectivity index (χ3v) is 4.96. The fraction of sp³-hybridized carbons (Fsp3) is 0.364. The van der Waals surface area contributed by atoms with E-state index in [1.165, 1.54) is 0 Å². The number of para-hydroxylation sites is 1. The summed E-state index contributed by atoms with van der Waals surface area (Å²) in [6.45, 7) is 2.61. The largest absolute Gasteiger partial charge is 0.493 e. The predicted molar refractivity (Wildman–Crippen MR) is 111 cm³/mol. The minimum absolute atomic E-state index is 0.0273. The van der Waals surface area contributed by atoms with E-state index in [9.17, 15) is 9.59 Å². The number of ether oxygens (including phenoxy) is 2. The molecule has 29 heavy (non-hydrogen) atoms. The standard InChI is InChI=1S/C22H25ClN2O4/c23-18-7-9-20(10-8-18)29-17-22(27)25-13-4-12-24(14-15-25)21(26)11-16-28-19-5-2-1-3-6-19/h1-3,5-10H,4,11-17H2. The third kappa shape index (κ3) is 6.68. The van der Waals surface area contributed by atoms with E-state index in [0.29, 0.717) is 50.0 Å². The molecule has 7 heteroatoms. The minimum atomic E-state index is -0.0818. The Labute approximate surface area is 176 Å². The first-order valence-corrected chi connectivity index (χ1v) is 10.1. The molecule has 0 aliphatic carbocycles. The first kappa shape index (κ1) is 21.0. The van der Waals surface area contributed by atoms with Crippen LogP contribution >= 0.6 is 11.6 Å². The highest BCUT2D eigenvalue weighted by atomic mass is 35.5. The number of amides is 2. The number of nitrogens with zero attached hydrogens (tertiary/aromatic N) is 2. The second kappa shape index (κ2) is 10.7. The number of benzene rings is 2. The summed E-state index contributed by atoms with van der Waals surface area (Å²) in [5, 5.41) is 0.620. The van der Waals surface area contributed by atoms with Crippen molar-refractivity contribution in [2.24, 2.45) is 0 Å².